The number of benzene rings is 1. The monoisotopic (exact) mass is 310 g/mol. The fourth-order valence-corrected chi connectivity index (χ4v) is 2.08. The lowest BCUT2D eigenvalue weighted by Crippen LogP contribution is -2.46. The van der Waals surface area contributed by atoms with E-state index in [1.165, 1.54) is 12.1 Å². The van der Waals surface area contributed by atoms with Crippen LogP contribution in [-0.4, -0.2) is 41.8 Å². The largest absolute Gasteiger partial charge is 0.393 e. The van der Waals surface area contributed by atoms with E-state index in [1.54, 1.807) is 31.0 Å². The summed E-state index contributed by atoms with van der Waals surface area (Å²) in [5.41, 5.74) is 0.993. The average Bonchev–Trinajstić information content (AvgIpc) is 2.45. The lowest BCUT2D eigenvalue weighted by molar-refractivity contribution is 0.161. The van der Waals surface area contributed by atoms with Gasteiger partial charge in [-0.05, 0) is 43.4 Å². The molecule has 0 aliphatic rings. The highest BCUT2D eigenvalue weighted by Gasteiger charge is 2.19. The van der Waals surface area contributed by atoms with Gasteiger partial charge in [0.1, 0.15) is 5.82 Å². The number of hydrogen-bond acceptors (Lipinski definition) is 2. The summed E-state index contributed by atoms with van der Waals surface area (Å²) >= 11 is 0. The van der Waals surface area contributed by atoms with Crippen molar-refractivity contribution in [3.8, 4) is 0 Å². The molecule has 0 aliphatic carbocycles. The van der Waals surface area contributed by atoms with Gasteiger partial charge >= 0.3 is 6.03 Å². The summed E-state index contributed by atoms with van der Waals surface area (Å²) in [6.07, 6.45) is 0.790. The molecule has 1 aromatic carbocycles. The summed E-state index contributed by atoms with van der Waals surface area (Å²) in [5.74, 6) is 0.00547. The molecule has 2 unspecified atom stereocenters. The second kappa shape index (κ2) is 8.73. The minimum absolute atomic E-state index is 0.0213. The van der Waals surface area contributed by atoms with Crippen molar-refractivity contribution in [3.05, 3.63) is 35.6 Å². The third-order valence-electron chi connectivity index (χ3n) is 3.71. The highest BCUT2D eigenvalue weighted by atomic mass is 19.1. The van der Waals surface area contributed by atoms with Gasteiger partial charge in [0.2, 0.25) is 0 Å². The zero-order valence-corrected chi connectivity index (χ0v) is 13.8. The summed E-state index contributed by atoms with van der Waals surface area (Å²) in [4.78, 5) is 13.8. The van der Waals surface area contributed by atoms with Gasteiger partial charge in [-0.25, -0.2) is 9.18 Å². The lowest BCUT2D eigenvalue weighted by atomic mass is 9.96. The van der Waals surface area contributed by atoms with Crippen LogP contribution in [0.25, 0.3) is 0 Å². The molecule has 5 heteroatoms. The van der Waals surface area contributed by atoms with Gasteiger partial charge in [0.15, 0.2) is 0 Å². The maximum absolute atomic E-state index is 13.0. The van der Waals surface area contributed by atoms with Crippen LogP contribution in [0.5, 0.6) is 0 Å². The Kier molecular flexibility index (Phi) is 7.32. The zero-order chi connectivity index (χ0) is 16.7. The number of aliphatic hydroxyl groups excluding tert-OH is 1. The van der Waals surface area contributed by atoms with Gasteiger partial charge in [0, 0.05) is 19.6 Å². The number of halogens is 1. The first-order valence-corrected chi connectivity index (χ1v) is 7.73. The van der Waals surface area contributed by atoms with E-state index in [9.17, 15) is 14.3 Å². The highest BCUT2D eigenvalue weighted by molar-refractivity contribution is 5.74. The van der Waals surface area contributed by atoms with Crippen molar-refractivity contribution in [1.82, 2.24) is 10.2 Å². The van der Waals surface area contributed by atoms with Crippen LogP contribution in [0.15, 0.2) is 24.3 Å². The third kappa shape index (κ3) is 6.43. The van der Waals surface area contributed by atoms with Crippen molar-refractivity contribution in [2.75, 3.05) is 13.6 Å². The predicted molar refractivity (Wildman–Crippen MR) is 86.2 cm³/mol. The van der Waals surface area contributed by atoms with Gasteiger partial charge in [-0.2, -0.15) is 0 Å². The van der Waals surface area contributed by atoms with Crippen molar-refractivity contribution in [2.45, 2.75) is 45.8 Å². The first kappa shape index (κ1) is 18.4. The van der Waals surface area contributed by atoms with Crippen molar-refractivity contribution in [2.24, 2.45) is 5.92 Å². The number of aliphatic hydroxyl groups is 1. The van der Waals surface area contributed by atoms with Crippen LogP contribution in [0.3, 0.4) is 0 Å². The highest BCUT2D eigenvalue weighted by Crippen LogP contribution is 2.12. The van der Waals surface area contributed by atoms with Crippen LogP contribution in [-0.2, 0) is 6.42 Å². The fraction of sp³-hybridized carbons (Fsp3) is 0.588. The van der Waals surface area contributed by atoms with Crippen LogP contribution in [0.1, 0.15) is 32.8 Å². The van der Waals surface area contributed by atoms with E-state index in [0.29, 0.717) is 19.4 Å². The summed E-state index contributed by atoms with van der Waals surface area (Å²) in [6, 6.07) is 6.18. The second-order valence-corrected chi connectivity index (χ2v) is 6.19. The molecule has 0 fully saturated rings. The molecule has 124 valence electrons. The van der Waals surface area contributed by atoms with E-state index >= 15 is 0 Å². The second-order valence-electron chi connectivity index (χ2n) is 6.19. The number of hydrogen-bond donors (Lipinski definition) is 2. The molecule has 22 heavy (non-hydrogen) atoms. The molecule has 1 aromatic rings. The molecule has 0 aromatic heterocycles. The molecule has 1 rings (SSSR count). The van der Waals surface area contributed by atoms with Gasteiger partial charge in [0.05, 0.1) is 6.10 Å². The minimum atomic E-state index is -0.421. The molecule has 0 saturated heterocycles. The number of rotatable bonds is 7. The van der Waals surface area contributed by atoms with Crippen molar-refractivity contribution in [1.29, 1.82) is 0 Å². The molecule has 0 saturated carbocycles. The normalized spacial score (nSPS) is 13.8. The van der Waals surface area contributed by atoms with Crippen LogP contribution < -0.4 is 5.32 Å². The van der Waals surface area contributed by atoms with E-state index in [1.807, 2.05) is 13.8 Å². The fourth-order valence-electron chi connectivity index (χ4n) is 2.08. The molecule has 0 heterocycles. The van der Waals surface area contributed by atoms with Gasteiger partial charge in [0.25, 0.3) is 0 Å². The molecule has 2 N–H and O–H groups in total. The zero-order valence-electron chi connectivity index (χ0n) is 13.8. The minimum Gasteiger partial charge on any atom is -0.393 e. The maximum atomic E-state index is 13.0. The molecule has 0 spiro atoms. The summed E-state index contributed by atoms with van der Waals surface area (Å²) < 4.78 is 13.0. The Labute approximate surface area is 132 Å². The van der Waals surface area contributed by atoms with Crippen molar-refractivity contribution < 1.29 is 14.3 Å². The first-order valence-electron chi connectivity index (χ1n) is 7.73. The maximum Gasteiger partial charge on any atom is 0.317 e. The van der Waals surface area contributed by atoms with Crippen LogP contribution in [0, 0.1) is 11.7 Å². The number of nitrogens with one attached hydrogen (secondary N) is 1. The molecule has 0 aliphatic heterocycles. The van der Waals surface area contributed by atoms with Gasteiger partial charge in [-0.3, -0.25) is 0 Å². The third-order valence-corrected chi connectivity index (χ3v) is 3.71. The molecule has 2 amide bonds. The number of amides is 2. The van der Waals surface area contributed by atoms with Crippen LogP contribution in [0.2, 0.25) is 0 Å². The van der Waals surface area contributed by atoms with E-state index in [-0.39, 0.29) is 23.8 Å². The lowest BCUT2D eigenvalue weighted by Gasteiger charge is -2.26. The predicted octanol–water partition coefficient (Wildman–Crippen LogP) is 2.81. The number of urea groups is 1. The van der Waals surface area contributed by atoms with Crippen molar-refractivity contribution in [3.63, 3.8) is 0 Å². The van der Waals surface area contributed by atoms with E-state index in [0.717, 1.165) is 5.56 Å². The SMILES string of the molecule is CC(O)CCN(C)C(=O)NC(Cc1ccc(F)cc1)C(C)C. The Morgan fingerprint density at radius 1 is 1.27 bits per heavy atom. The molecule has 4 nitrogen and oxygen atoms in total. The van der Waals surface area contributed by atoms with Gasteiger partial charge in [-0.1, -0.05) is 26.0 Å². The Morgan fingerprint density at radius 2 is 1.86 bits per heavy atom. The quantitative estimate of drug-likeness (QED) is 0.813. The topological polar surface area (TPSA) is 52.6 Å². The molecule has 0 bridgehead atoms. The van der Waals surface area contributed by atoms with E-state index in [2.05, 4.69) is 5.32 Å². The van der Waals surface area contributed by atoms with E-state index in [4.69, 9.17) is 0 Å². The molecular weight excluding hydrogens is 283 g/mol. The Morgan fingerprint density at radius 3 is 2.36 bits per heavy atom. The number of nitrogens with zero attached hydrogens (tertiary/aromatic N) is 1. The number of carbonyl (C=O) groups excluding carboxylic acids is 1. The molecular formula is C17H27FN2O2. The molecule has 0 radical (unpaired) electrons. The van der Waals surface area contributed by atoms with Gasteiger partial charge in [-0.15, -0.1) is 0 Å². The van der Waals surface area contributed by atoms with Gasteiger partial charge < -0.3 is 15.3 Å². The van der Waals surface area contributed by atoms with Crippen LogP contribution >= 0.6 is 0 Å². The number of carbonyl (C=O) groups is 1. The Bertz CT molecular complexity index is 460. The Hall–Kier alpha value is -1.62. The Balaban J connectivity index is 2.60. The molecule has 2 atom stereocenters. The summed E-state index contributed by atoms with van der Waals surface area (Å²) in [6.45, 7) is 6.30. The summed E-state index contributed by atoms with van der Waals surface area (Å²) in [5, 5.41) is 12.3. The van der Waals surface area contributed by atoms with Crippen LogP contribution in [0.4, 0.5) is 9.18 Å². The average molecular weight is 310 g/mol. The van der Waals surface area contributed by atoms with E-state index < -0.39 is 6.10 Å². The van der Waals surface area contributed by atoms with Crippen molar-refractivity contribution >= 4 is 6.03 Å². The smallest absolute Gasteiger partial charge is 0.317 e. The summed E-state index contributed by atoms with van der Waals surface area (Å²) in [7, 11) is 1.72. The first-order chi connectivity index (χ1) is 10.3. The standard InChI is InChI=1S/C17H27FN2O2/c1-12(2)16(11-14-5-7-15(18)8-6-14)19-17(22)20(4)10-9-13(3)21/h5-8,12-13,16,21H,9-11H2,1-4H3,(H,19,22).